The topological polar surface area (TPSA) is 112 Å². The summed E-state index contributed by atoms with van der Waals surface area (Å²) in [6.07, 6.45) is 5.21. The van der Waals surface area contributed by atoms with E-state index in [9.17, 15) is 14.4 Å². The van der Waals surface area contributed by atoms with Crippen molar-refractivity contribution in [3.05, 3.63) is 113 Å². The number of carbonyl (C=O) groups is 3. The SMILES string of the molecule is CC(C)(C)c1ccc(CNC(=O)c2ccnc(-c3cc(N4CCCCC4)ccc3NC(=O)c3cccc(CSCCC(=O)O)c3)c2)cc1. The van der Waals surface area contributed by atoms with Gasteiger partial charge in [-0.2, -0.15) is 11.8 Å². The minimum atomic E-state index is -0.819. The zero-order valence-corrected chi connectivity index (χ0v) is 28.7. The largest absolute Gasteiger partial charge is 0.481 e. The van der Waals surface area contributed by atoms with E-state index in [0.29, 0.717) is 40.6 Å². The lowest BCUT2D eigenvalue weighted by atomic mass is 9.87. The maximum Gasteiger partial charge on any atom is 0.304 e. The number of piperidine rings is 1. The van der Waals surface area contributed by atoms with Gasteiger partial charge in [0.05, 0.1) is 17.8 Å². The minimum Gasteiger partial charge on any atom is -0.481 e. The molecule has 4 aromatic rings. The lowest BCUT2D eigenvalue weighted by Crippen LogP contribution is -2.29. The smallest absolute Gasteiger partial charge is 0.304 e. The van der Waals surface area contributed by atoms with Gasteiger partial charge < -0.3 is 20.6 Å². The van der Waals surface area contributed by atoms with Crippen LogP contribution in [-0.2, 0) is 22.5 Å². The van der Waals surface area contributed by atoms with Gasteiger partial charge in [0.1, 0.15) is 0 Å². The van der Waals surface area contributed by atoms with E-state index in [0.717, 1.165) is 48.3 Å². The Morgan fingerprint density at radius 2 is 1.60 bits per heavy atom. The van der Waals surface area contributed by atoms with Gasteiger partial charge in [0.25, 0.3) is 11.8 Å². The van der Waals surface area contributed by atoms with Crippen LogP contribution in [0, 0.1) is 0 Å². The van der Waals surface area contributed by atoms with Gasteiger partial charge in [-0.25, -0.2) is 0 Å². The Kier molecular flexibility index (Phi) is 11.5. The van der Waals surface area contributed by atoms with Crippen molar-refractivity contribution in [3.63, 3.8) is 0 Å². The van der Waals surface area contributed by atoms with Crippen molar-refractivity contribution >= 4 is 40.9 Å². The fourth-order valence-electron chi connectivity index (χ4n) is 5.67. The van der Waals surface area contributed by atoms with Gasteiger partial charge in [-0.1, -0.05) is 57.2 Å². The minimum absolute atomic E-state index is 0.0621. The van der Waals surface area contributed by atoms with E-state index in [1.165, 1.54) is 23.7 Å². The molecule has 0 aliphatic carbocycles. The van der Waals surface area contributed by atoms with Gasteiger partial charge in [0.15, 0.2) is 0 Å². The molecular weight excluding hydrogens is 621 g/mol. The molecule has 48 heavy (non-hydrogen) atoms. The first-order chi connectivity index (χ1) is 23.1. The van der Waals surface area contributed by atoms with Crippen molar-refractivity contribution in [3.8, 4) is 11.3 Å². The summed E-state index contributed by atoms with van der Waals surface area (Å²) in [4.78, 5) is 44.7. The van der Waals surface area contributed by atoms with Crippen molar-refractivity contribution in [2.24, 2.45) is 0 Å². The molecule has 1 saturated heterocycles. The second-order valence-corrected chi connectivity index (χ2v) is 14.3. The fraction of sp³-hybridized carbons (Fsp3) is 0.333. The van der Waals surface area contributed by atoms with Crippen LogP contribution in [0.5, 0.6) is 0 Å². The summed E-state index contributed by atoms with van der Waals surface area (Å²) >= 11 is 1.52. The van der Waals surface area contributed by atoms with Crippen LogP contribution in [-0.4, -0.2) is 46.7 Å². The molecule has 0 spiro atoms. The molecule has 1 aliphatic rings. The highest BCUT2D eigenvalue weighted by atomic mass is 32.2. The highest BCUT2D eigenvalue weighted by Gasteiger charge is 2.18. The number of aromatic nitrogens is 1. The summed E-state index contributed by atoms with van der Waals surface area (Å²) in [5.74, 6) is -0.154. The second kappa shape index (κ2) is 16.0. The van der Waals surface area contributed by atoms with Crippen LogP contribution >= 0.6 is 11.8 Å². The molecule has 0 unspecified atom stereocenters. The molecule has 250 valence electrons. The summed E-state index contributed by atoms with van der Waals surface area (Å²) in [5, 5.41) is 15.0. The Morgan fingerprint density at radius 3 is 2.33 bits per heavy atom. The maximum atomic E-state index is 13.5. The number of pyridine rings is 1. The number of nitrogens with one attached hydrogen (secondary N) is 2. The van der Waals surface area contributed by atoms with Gasteiger partial charge >= 0.3 is 5.97 Å². The molecule has 9 heteroatoms. The first kappa shape index (κ1) is 34.7. The first-order valence-electron chi connectivity index (χ1n) is 16.5. The van der Waals surface area contributed by atoms with Crippen LogP contribution in [0.4, 0.5) is 11.4 Å². The van der Waals surface area contributed by atoms with Crippen LogP contribution in [0.25, 0.3) is 11.3 Å². The number of hydrogen-bond donors (Lipinski definition) is 3. The summed E-state index contributed by atoms with van der Waals surface area (Å²) in [7, 11) is 0. The molecule has 0 atom stereocenters. The molecule has 8 nitrogen and oxygen atoms in total. The number of hydrogen-bond acceptors (Lipinski definition) is 6. The third-order valence-corrected chi connectivity index (χ3v) is 9.49. The number of carboxylic acid groups (broad SMARTS) is 1. The molecule has 2 heterocycles. The van der Waals surface area contributed by atoms with Crippen molar-refractivity contribution < 1.29 is 19.5 Å². The summed E-state index contributed by atoms with van der Waals surface area (Å²) in [6.45, 7) is 8.87. The summed E-state index contributed by atoms with van der Waals surface area (Å²) in [5.41, 5.74) is 7.25. The van der Waals surface area contributed by atoms with E-state index in [2.05, 4.69) is 59.5 Å². The predicted molar refractivity (Wildman–Crippen MR) is 195 cm³/mol. The standard InChI is InChI=1S/C39H44N4O4S/c1-39(2,3)31-12-10-27(11-13-31)25-41-37(46)30-16-18-40-35(23-30)33-24-32(43-19-5-4-6-20-43)14-15-34(33)42-38(47)29-9-7-8-28(22-29)26-48-21-17-36(44)45/h7-16,18,22-24H,4-6,17,19-21,25-26H2,1-3H3,(H,41,46)(H,42,47)(H,44,45). The number of rotatable bonds is 12. The van der Waals surface area contributed by atoms with Crippen LogP contribution in [0.15, 0.2) is 85.1 Å². The molecule has 3 aromatic carbocycles. The highest BCUT2D eigenvalue weighted by molar-refractivity contribution is 7.98. The van der Waals surface area contributed by atoms with Crippen LogP contribution < -0.4 is 15.5 Å². The second-order valence-electron chi connectivity index (χ2n) is 13.2. The molecule has 1 aliphatic heterocycles. The maximum absolute atomic E-state index is 13.5. The van der Waals surface area contributed by atoms with E-state index < -0.39 is 5.97 Å². The van der Waals surface area contributed by atoms with Crippen molar-refractivity contribution in [1.29, 1.82) is 0 Å². The molecule has 0 bridgehead atoms. The Hall–Kier alpha value is -4.63. The molecular formula is C39H44N4O4S. The zero-order chi connectivity index (χ0) is 34.1. The number of nitrogens with zero attached hydrogens (tertiary/aromatic N) is 2. The predicted octanol–water partition coefficient (Wildman–Crippen LogP) is 7.93. The fourth-order valence-corrected chi connectivity index (χ4v) is 6.55. The van der Waals surface area contributed by atoms with E-state index in [1.54, 1.807) is 24.4 Å². The Bertz CT molecular complexity index is 1740. The number of thioether (sulfide) groups is 1. The number of anilines is 2. The number of aliphatic carboxylic acids is 1. The molecule has 0 saturated carbocycles. The third kappa shape index (κ3) is 9.47. The van der Waals surface area contributed by atoms with Crippen molar-refractivity contribution in [2.45, 2.75) is 64.2 Å². The Balaban J connectivity index is 1.36. The average Bonchev–Trinajstić information content (AvgIpc) is 3.09. The average molecular weight is 665 g/mol. The normalized spacial score (nSPS) is 13.2. The number of benzene rings is 3. The molecule has 1 fully saturated rings. The van der Waals surface area contributed by atoms with Gasteiger partial charge in [0.2, 0.25) is 0 Å². The van der Waals surface area contributed by atoms with Crippen LogP contribution in [0.2, 0.25) is 0 Å². The molecule has 1 aromatic heterocycles. The Labute approximate surface area is 287 Å². The van der Waals surface area contributed by atoms with Gasteiger partial charge in [0, 0.05) is 59.7 Å². The van der Waals surface area contributed by atoms with Gasteiger partial charge in [-0.15, -0.1) is 0 Å². The van der Waals surface area contributed by atoms with Crippen molar-refractivity contribution in [1.82, 2.24) is 10.3 Å². The zero-order valence-electron chi connectivity index (χ0n) is 27.9. The van der Waals surface area contributed by atoms with Crippen LogP contribution in [0.1, 0.15) is 83.9 Å². The quantitative estimate of drug-likeness (QED) is 0.132. The summed E-state index contributed by atoms with van der Waals surface area (Å²) < 4.78 is 0. The lowest BCUT2D eigenvalue weighted by molar-refractivity contribution is -0.136. The molecule has 2 amide bonds. The van der Waals surface area contributed by atoms with Gasteiger partial charge in [-0.3, -0.25) is 19.4 Å². The van der Waals surface area contributed by atoms with E-state index in [4.69, 9.17) is 5.11 Å². The summed E-state index contributed by atoms with van der Waals surface area (Å²) in [6, 6.07) is 25.2. The van der Waals surface area contributed by atoms with Gasteiger partial charge in [-0.05, 0) is 83.8 Å². The number of carbonyl (C=O) groups excluding carboxylic acids is 2. The lowest BCUT2D eigenvalue weighted by Gasteiger charge is -2.29. The number of carboxylic acids is 1. The monoisotopic (exact) mass is 664 g/mol. The van der Waals surface area contributed by atoms with E-state index in [1.807, 2.05) is 42.5 Å². The molecule has 5 rings (SSSR count). The first-order valence-corrected chi connectivity index (χ1v) is 17.7. The number of amides is 2. The third-order valence-electron chi connectivity index (χ3n) is 8.46. The van der Waals surface area contributed by atoms with E-state index >= 15 is 0 Å². The van der Waals surface area contributed by atoms with E-state index in [-0.39, 0.29) is 23.7 Å². The Morgan fingerprint density at radius 1 is 0.854 bits per heavy atom. The highest BCUT2D eigenvalue weighted by Crippen LogP contribution is 2.33. The molecule has 0 radical (unpaired) electrons. The molecule has 3 N–H and O–H groups in total. The van der Waals surface area contributed by atoms with Crippen LogP contribution in [0.3, 0.4) is 0 Å². The van der Waals surface area contributed by atoms with Crippen molar-refractivity contribution in [2.75, 3.05) is 29.1 Å².